The number of hydrogen-bond acceptors (Lipinski definition) is 1. The molecule has 0 spiro atoms. The third-order valence-corrected chi connectivity index (χ3v) is 3.70. The molecule has 3 rings (SSSR count). The predicted molar refractivity (Wildman–Crippen MR) is 80.6 cm³/mol. The van der Waals surface area contributed by atoms with Crippen molar-refractivity contribution < 1.29 is 0 Å². The van der Waals surface area contributed by atoms with Crippen LogP contribution in [0.2, 0.25) is 10.0 Å². The molecule has 0 aliphatic carbocycles. The van der Waals surface area contributed by atoms with Gasteiger partial charge in [0, 0.05) is 10.7 Å². The number of benzene rings is 2. The molecule has 19 heavy (non-hydrogen) atoms. The van der Waals surface area contributed by atoms with Crippen LogP contribution < -0.4 is 0 Å². The zero-order valence-corrected chi connectivity index (χ0v) is 12.0. The van der Waals surface area contributed by atoms with E-state index in [1.807, 2.05) is 47.0 Å². The maximum absolute atomic E-state index is 6.28. The molecule has 1 heterocycles. The first kappa shape index (κ1) is 12.8. The third-order valence-electron chi connectivity index (χ3n) is 2.90. The van der Waals surface area contributed by atoms with Crippen LogP contribution >= 0.6 is 34.8 Å². The average molecular weight is 312 g/mol. The number of halogens is 3. The van der Waals surface area contributed by atoms with E-state index in [4.69, 9.17) is 34.8 Å². The van der Waals surface area contributed by atoms with Gasteiger partial charge in [0.1, 0.15) is 5.82 Å². The summed E-state index contributed by atoms with van der Waals surface area (Å²) in [6, 6.07) is 13.1. The summed E-state index contributed by atoms with van der Waals surface area (Å²) in [5.74, 6) is 1.07. The van der Waals surface area contributed by atoms with Crippen LogP contribution in [0.4, 0.5) is 0 Å². The highest BCUT2D eigenvalue weighted by molar-refractivity contribution is 6.35. The first-order chi connectivity index (χ1) is 9.20. The van der Waals surface area contributed by atoms with Gasteiger partial charge in [-0.15, -0.1) is 11.6 Å². The number of fused-ring (bicyclic) bond motifs is 1. The monoisotopic (exact) mass is 310 g/mol. The fourth-order valence-corrected chi connectivity index (χ4v) is 2.65. The summed E-state index contributed by atoms with van der Waals surface area (Å²) in [6.07, 6.45) is 0. The van der Waals surface area contributed by atoms with Crippen LogP contribution in [0.3, 0.4) is 0 Å². The van der Waals surface area contributed by atoms with Crippen molar-refractivity contribution in [2.24, 2.45) is 0 Å². The van der Waals surface area contributed by atoms with E-state index in [1.54, 1.807) is 0 Å². The normalized spacial score (nSPS) is 11.1. The predicted octanol–water partition coefficient (Wildman–Crippen LogP) is 5.07. The van der Waals surface area contributed by atoms with Gasteiger partial charge in [-0.3, -0.25) is 4.57 Å². The molecule has 0 radical (unpaired) electrons. The number of alkyl halides is 1. The molecule has 0 saturated carbocycles. The molecule has 0 amide bonds. The van der Waals surface area contributed by atoms with Crippen LogP contribution in [0.1, 0.15) is 5.82 Å². The second kappa shape index (κ2) is 5.04. The Morgan fingerprint density at radius 1 is 1.00 bits per heavy atom. The lowest BCUT2D eigenvalue weighted by Crippen LogP contribution is -1.99. The highest BCUT2D eigenvalue weighted by atomic mass is 35.5. The van der Waals surface area contributed by atoms with E-state index < -0.39 is 0 Å². The number of rotatable bonds is 2. The Hall–Kier alpha value is -1.22. The van der Waals surface area contributed by atoms with E-state index in [0.29, 0.717) is 15.9 Å². The minimum absolute atomic E-state index is 0.313. The SMILES string of the molecule is ClCc1nc2cccc(Cl)c2n1-c1ccc(Cl)cc1. The smallest absolute Gasteiger partial charge is 0.129 e. The van der Waals surface area contributed by atoms with Crippen molar-refractivity contribution in [2.75, 3.05) is 0 Å². The van der Waals surface area contributed by atoms with Gasteiger partial charge in [0.05, 0.1) is 21.9 Å². The topological polar surface area (TPSA) is 17.8 Å². The molecule has 96 valence electrons. The molecule has 0 aliphatic rings. The summed E-state index contributed by atoms with van der Waals surface area (Å²) in [6.45, 7) is 0. The highest BCUT2D eigenvalue weighted by Gasteiger charge is 2.13. The van der Waals surface area contributed by atoms with Crippen LogP contribution in [-0.2, 0) is 5.88 Å². The largest absolute Gasteiger partial charge is 0.294 e. The Kier molecular flexibility index (Phi) is 3.40. The van der Waals surface area contributed by atoms with Gasteiger partial charge in [-0.1, -0.05) is 29.3 Å². The first-order valence-corrected chi connectivity index (χ1v) is 6.97. The summed E-state index contributed by atoms with van der Waals surface area (Å²) in [4.78, 5) is 4.50. The van der Waals surface area contributed by atoms with Gasteiger partial charge in [0.2, 0.25) is 0 Å². The molecular formula is C14H9Cl3N2. The molecule has 2 aromatic carbocycles. The molecule has 5 heteroatoms. The van der Waals surface area contributed by atoms with Gasteiger partial charge >= 0.3 is 0 Å². The minimum Gasteiger partial charge on any atom is -0.294 e. The van der Waals surface area contributed by atoms with Crippen molar-refractivity contribution in [3.05, 3.63) is 58.3 Å². The van der Waals surface area contributed by atoms with E-state index in [0.717, 1.165) is 22.5 Å². The van der Waals surface area contributed by atoms with Gasteiger partial charge in [-0.2, -0.15) is 0 Å². The Labute approximate surface area is 125 Å². The lowest BCUT2D eigenvalue weighted by Gasteiger charge is -2.08. The summed E-state index contributed by atoms with van der Waals surface area (Å²) in [5.41, 5.74) is 2.64. The maximum Gasteiger partial charge on any atom is 0.129 e. The summed E-state index contributed by atoms with van der Waals surface area (Å²) in [7, 11) is 0. The van der Waals surface area contributed by atoms with Crippen LogP contribution in [0.5, 0.6) is 0 Å². The van der Waals surface area contributed by atoms with E-state index in [9.17, 15) is 0 Å². The van der Waals surface area contributed by atoms with Crippen LogP contribution in [0, 0.1) is 0 Å². The fraction of sp³-hybridized carbons (Fsp3) is 0.0714. The minimum atomic E-state index is 0.313. The average Bonchev–Trinajstić information content (AvgIpc) is 2.80. The molecule has 2 nitrogen and oxygen atoms in total. The molecule has 0 saturated heterocycles. The quantitative estimate of drug-likeness (QED) is 0.604. The van der Waals surface area contributed by atoms with Gasteiger partial charge in [-0.05, 0) is 36.4 Å². The van der Waals surface area contributed by atoms with Crippen LogP contribution in [0.25, 0.3) is 16.7 Å². The van der Waals surface area contributed by atoms with Gasteiger partial charge in [0.15, 0.2) is 0 Å². The summed E-state index contributed by atoms with van der Waals surface area (Å²) >= 11 is 18.2. The zero-order valence-electron chi connectivity index (χ0n) is 9.78. The molecular weight excluding hydrogens is 303 g/mol. The maximum atomic E-state index is 6.28. The number of imidazole rings is 1. The fourth-order valence-electron chi connectivity index (χ4n) is 2.09. The van der Waals surface area contributed by atoms with Crippen LogP contribution in [-0.4, -0.2) is 9.55 Å². The van der Waals surface area contributed by atoms with Crippen molar-refractivity contribution in [2.45, 2.75) is 5.88 Å². The number of aromatic nitrogens is 2. The summed E-state index contributed by atoms with van der Waals surface area (Å²) in [5, 5.41) is 1.34. The number of para-hydroxylation sites is 1. The van der Waals surface area contributed by atoms with Gasteiger partial charge < -0.3 is 0 Å². The lowest BCUT2D eigenvalue weighted by molar-refractivity contribution is 0.982. The van der Waals surface area contributed by atoms with Gasteiger partial charge in [-0.25, -0.2) is 4.98 Å². The van der Waals surface area contributed by atoms with E-state index >= 15 is 0 Å². The van der Waals surface area contributed by atoms with Crippen LogP contribution in [0.15, 0.2) is 42.5 Å². The molecule has 0 unspecified atom stereocenters. The van der Waals surface area contributed by atoms with E-state index in [2.05, 4.69) is 4.98 Å². The second-order valence-corrected chi connectivity index (χ2v) is 5.19. The second-order valence-electron chi connectivity index (χ2n) is 4.08. The Morgan fingerprint density at radius 2 is 1.74 bits per heavy atom. The van der Waals surface area contributed by atoms with Crippen molar-refractivity contribution in [1.82, 2.24) is 9.55 Å². The Morgan fingerprint density at radius 3 is 2.42 bits per heavy atom. The Balaban J connectivity index is 2.35. The molecule has 0 bridgehead atoms. The zero-order chi connectivity index (χ0) is 13.4. The van der Waals surface area contributed by atoms with Crippen molar-refractivity contribution in [3.63, 3.8) is 0 Å². The summed E-state index contributed by atoms with van der Waals surface area (Å²) < 4.78 is 1.96. The van der Waals surface area contributed by atoms with Gasteiger partial charge in [0.25, 0.3) is 0 Å². The third kappa shape index (κ3) is 2.20. The van der Waals surface area contributed by atoms with Crippen molar-refractivity contribution in [1.29, 1.82) is 0 Å². The highest BCUT2D eigenvalue weighted by Crippen LogP contribution is 2.29. The Bertz CT molecular complexity index is 732. The standard InChI is InChI=1S/C14H9Cl3N2/c15-8-13-18-12-3-1-2-11(17)14(12)19(13)10-6-4-9(16)5-7-10/h1-7H,8H2. The van der Waals surface area contributed by atoms with E-state index in [-0.39, 0.29) is 0 Å². The number of nitrogens with zero attached hydrogens (tertiary/aromatic N) is 2. The van der Waals surface area contributed by atoms with Crippen molar-refractivity contribution >= 4 is 45.8 Å². The molecule has 1 aromatic heterocycles. The lowest BCUT2D eigenvalue weighted by atomic mass is 10.2. The molecule has 0 fully saturated rings. The number of hydrogen-bond donors (Lipinski definition) is 0. The molecule has 0 N–H and O–H groups in total. The first-order valence-electron chi connectivity index (χ1n) is 5.68. The molecule has 0 atom stereocenters. The van der Waals surface area contributed by atoms with Crippen molar-refractivity contribution in [3.8, 4) is 5.69 Å². The molecule has 0 aliphatic heterocycles. The van der Waals surface area contributed by atoms with E-state index in [1.165, 1.54) is 0 Å². The molecule has 3 aromatic rings.